The number of carbonyl (C=O) groups excluding carboxylic acids is 1. The molecule has 1 aromatic carbocycles. The number of rotatable bonds is 0. The van der Waals surface area contributed by atoms with Crippen LogP contribution in [-0.2, 0) is 0 Å². The number of carbonyl (C=O) groups is 1. The summed E-state index contributed by atoms with van der Waals surface area (Å²) >= 11 is 0. The van der Waals surface area contributed by atoms with Crippen molar-refractivity contribution in [3.63, 3.8) is 0 Å². The van der Waals surface area contributed by atoms with Gasteiger partial charge < -0.3 is 9.84 Å². The summed E-state index contributed by atoms with van der Waals surface area (Å²) in [5.74, 6) is -0.877. The maximum absolute atomic E-state index is 12.6. The van der Waals surface area contributed by atoms with Crippen LogP contribution in [0.3, 0.4) is 0 Å². The Morgan fingerprint density at radius 3 is 3.00 bits per heavy atom. The minimum absolute atomic E-state index is 0.0995. The van der Waals surface area contributed by atoms with Gasteiger partial charge in [-0.1, -0.05) is 0 Å². The molecule has 1 unspecified atom stereocenters. The third-order valence-corrected chi connectivity index (χ3v) is 1.67. The largest absolute Gasteiger partial charge is 0.456 e. The lowest BCUT2D eigenvalue weighted by Gasteiger charge is -1.98. The second-order valence-corrected chi connectivity index (χ2v) is 2.47. The molecule has 62 valence electrons. The summed E-state index contributed by atoms with van der Waals surface area (Å²) in [4.78, 5) is 11.0. The quantitative estimate of drug-likeness (QED) is 0.620. The van der Waals surface area contributed by atoms with Gasteiger partial charge in [0.15, 0.2) is 0 Å². The van der Waals surface area contributed by atoms with E-state index in [1.165, 1.54) is 12.1 Å². The maximum Gasteiger partial charge on any atom is 0.262 e. The van der Waals surface area contributed by atoms with Crippen LogP contribution in [-0.4, -0.2) is 17.2 Å². The number of aliphatic hydroxyl groups excluding tert-OH is 1. The van der Waals surface area contributed by atoms with Crippen LogP contribution in [0.4, 0.5) is 4.39 Å². The minimum atomic E-state index is -1.47. The van der Waals surface area contributed by atoms with E-state index < -0.39 is 17.9 Å². The van der Waals surface area contributed by atoms with Crippen LogP contribution >= 0.6 is 0 Å². The Balaban J connectivity index is 2.56. The molecule has 1 heterocycles. The molecule has 2 rings (SSSR count). The molecule has 3 nitrogen and oxygen atoms in total. The van der Waals surface area contributed by atoms with E-state index in [4.69, 9.17) is 9.84 Å². The highest BCUT2D eigenvalue weighted by Gasteiger charge is 2.30. The molecule has 1 aliphatic heterocycles. The van der Waals surface area contributed by atoms with Crippen molar-refractivity contribution in [3.05, 3.63) is 29.6 Å². The van der Waals surface area contributed by atoms with Gasteiger partial charge in [-0.05, 0) is 18.2 Å². The molecule has 0 spiro atoms. The van der Waals surface area contributed by atoms with E-state index in [2.05, 4.69) is 0 Å². The molecular formula is C8H5FO3. The maximum atomic E-state index is 12.6. The molecule has 1 N–H and O–H groups in total. The number of fused-ring (bicyclic) bond motifs is 1. The smallest absolute Gasteiger partial charge is 0.262 e. The van der Waals surface area contributed by atoms with E-state index >= 15 is 0 Å². The van der Waals surface area contributed by atoms with Crippen LogP contribution in [0.15, 0.2) is 18.2 Å². The summed E-state index contributed by atoms with van der Waals surface area (Å²) < 4.78 is 17.3. The fraction of sp³-hybridized carbons (Fsp3) is 0.125. The lowest BCUT2D eigenvalue weighted by molar-refractivity contribution is 0.00866. The lowest BCUT2D eigenvalue weighted by Crippen LogP contribution is -2.18. The zero-order valence-corrected chi connectivity index (χ0v) is 5.95. The van der Waals surface area contributed by atoms with Crippen molar-refractivity contribution in [1.82, 2.24) is 0 Å². The van der Waals surface area contributed by atoms with Gasteiger partial charge in [-0.25, -0.2) is 4.39 Å². The van der Waals surface area contributed by atoms with Crippen molar-refractivity contribution >= 4 is 5.78 Å². The minimum Gasteiger partial charge on any atom is -0.456 e. The van der Waals surface area contributed by atoms with Crippen LogP contribution in [0.1, 0.15) is 10.4 Å². The van der Waals surface area contributed by atoms with Gasteiger partial charge in [-0.15, -0.1) is 0 Å². The van der Waals surface area contributed by atoms with Crippen molar-refractivity contribution in [2.24, 2.45) is 0 Å². The number of Topliss-reactive ketones (excluding diaryl/α,β-unsaturated/α-hetero) is 1. The van der Waals surface area contributed by atoms with Crippen LogP contribution in [0.2, 0.25) is 0 Å². The van der Waals surface area contributed by atoms with Gasteiger partial charge in [0, 0.05) is 0 Å². The summed E-state index contributed by atoms with van der Waals surface area (Å²) in [6, 6.07) is 3.54. The number of benzene rings is 1. The predicted octanol–water partition coefficient (Wildman–Crippen LogP) is 0.719. The summed E-state index contributed by atoms with van der Waals surface area (Å²) in [5.41, 5.74) is 0.0995. The number of hydrogen-bond acceptors (Lipinski definition) is 3. The van der Waals surface area contributed by atoms with E-state index in [1.54, 1.807) is 0 Å². The fourth-order valence-electron chi connectivity index (χ4n) is 1.10. The first-order valence-corrected chi connectivity index (χ1v) is 3.37. The lowest BCUT2D eigenvalue weighted by atomic mass is 10.1. The molecule has 0 saturated carbocycles. The van der Waals surface area contributed by atoms with Crippen LogP contribution in [0.25, 0.3) is 0 Å². The highest BCUT2D eigenvalue weighted by atomic mass is 19.1. The monoisotopic (exact) mass is 168 g/mol. The van der Waals surface area contributed by atoms with E-state index in [1.807, 2.05) is 0 Å². The first-order valence-electron chi connectivity index (χ1n) is 3.37. The van der Waals surface area contributed by atoms with Gasteiger partial charge in [-0.2, -0.15) is 0 Å². The van der Waals surface area contributed by atoms with Gasteiger partial charge in [-0.3, -0.25) is 4.79 Å². The van der Waals surface area contributed by atoms with E-state index in [-0.39, 0.29) is 11.3 Å². The van der Waals surface area contributed by atoms with Crippen LogP contribution in [0.5, 0.6) is 5.75 Å². The fourth-order valence-corrected chi connectivity index (χ4v) is 1.10. The second-order valence-electron chi connectivity index (χ2n) is 2.47. The molecule has 0 saturated heterocycles. The van der Waals surface area contributed by atoms with Crippen molar-refractivity contribution < 1.29 is 19.0 Å². The summed E-state index contributed by atoms with van der Waals surface area (Å²) in [5, 5.41) is 8.92. The molecular weight excluding hydrogens is 163 g/mol. The highest BCUT2D eigenvalue weighted by molar-refractivity contribution is 6.03. The SMILES string of the molecule is O=C1c2cc(F)ccc2OC1O. The van der Waals surface area contributed by atoms with Gasteiger partial charge >= 0.3 is 0 Å². The highest BCUT2D eigenvalue weighted by Crippen LogP contribution is 2.27. The predicted molar refractivity (Wildman–Crippen MR) is 37.4 cm³/mol. The first-order chi connectivity index (χ1) is 5.68. The summed E-state index contributed by atoms with van der Waals surface area (Å²) in [7, 11) is 0. The standard InChI is InChI=1S/C8H5FO3/c9-4-1-2-6-5(3-4)7(10)8(11)12-6/h1-3,8,11H. The Morgan fingerprint density at radius 2 is 2.25 bits per heavy atom. The Hall–Kier alpha value is -1.42. The molecule has 0 amide bonds. The number of ether oxygens (including phenoxy) is 1. The molecule has 0 radical (unpaired) electrons. The number of aliphatic hydroxyl groups is 1. The number of halogens is 1. The number of ketones is 1. The van der Waals surface area contributed by atoms with E-state index in [9.17, 15) is 9.18 Å². The molecule has 0 aliphatic carbocycles. The van der Waals surface area contributed by atoms with Crippen LogP contribution in [0, 0.1) is 5.82 Å². The molecule has 12 heavy (non-hydrogen) atoms. The van der Waals surface area contributed by atoms with Gasteiger partial charge in [0.1, 0.15) is 11.6 Å². The Bertz CT molecular complexity index is 348. The Kier molecular flexibility index (Phi) is 1.38. The van der Waals surface area contributed by atoms with Gasteiger partial charge in [0.2, 0.25) is 5.78 Å². The van der Waals surface area contributed by atoms with Crippen molar-refractivity contribution in [2.45, 2.75) is 6.29 Å². The van der Waals surface area contributed by atoms with Gasteiger partial charge in [0.25, 0.3) is 6.29 Å². The molecule has 1 atom stereocenters. The van der Waals surface area contributed by atoms with E-state index in [0.29, 0.717) is 0 Å². The van der Waals surface area contributed by atoms with Gasteiger partial charge in [0.05, 0.1) is 5.56 Å². The summed E-state index contributed by atoms with van der Waals surface area (Å²) in [6.45, 7) is 0. The second kappa shape index (κ2) is 2.28. The average Bonchev–Trinajstić information content (AvgIpc) is 2.31. The Morgan fingerprint density at radius 1 is 1.50 bits per heavy atom. The van der Waals surface area contributed by atoms with E-state index in [0.717, 1.165) is 6.07 Å². The first kappa shape index (κ1) is 7.24. The molecule has 0 fully saturated rings. The zero-order valence-electron chi connectivity index (χ0n) is 5.95. The molecule has 0 aromatic heterocycles. The van der Waals surface area contributed by atoms with Crippen LogP contribution < -0.4 is 4.74 Å². The molecule has 0 bridgehead atoms. The molecule has 4 heteroatoms. The normalized spacial score (nSPS) is 20.5. The van der Waals surface area contributed by atoms with Crippen molar-refractivity contribution in [3.8, 4) is 5.75 Å². The zero-order chi connectivity index (χ0) is 8.72. The molecule has 1 aliphatic rings. The van der Waals surface area contributed by atoms with Crippen molar-refractivity contribution in [2.75, 3.05) is 0 Å². The number of hydrogen-bond donors (Lipinski definition) is 1. The topological polar surface area (TPSA) is 46.5 Å². The third-order valence-electron chi connectivity index (χ3n) is 1.67. The molecule has 1 aromatic rings. The summed E-state index contributed by atoms with van der Waals surface area (Å²) in [6.07, 6.45) is -1.47. The van der Waals surface area contributed by atoms with Crippen molar-refractivity contribution in [1.29, 1.82) is 0 Å². The average molecular weight is 168 g/mol. The third kappa shape index (κ3) is 0.887. The Labute approximate surface area is 67.4 Å².